The predicted molar refractivity (Wildman–Crippen MR) is 80.5 cm³/mol. The number of anilines is 1. The number of carboxylic acid groups (broad SMARTS) is 1. The number of nitrogens with zero attached hydrogens (tertiary/aromatic N) is 3. The predicted octanol–water partition coefficient (Wildman–Crippen LogP) is 0.830. The van der Waals surface area contributed by atoms with Crippen molar-refractivity contribution in [1.29, 1.82) is 0 Å². The van der Waals surface area contributed by atoms with E-state index in [-0.39, 0.29) is 30.0 Å². The summed E-state index contributed by atoms with van der Waals surface area (Å²) in [7, 11) is 0. The smallest absolute Gasteiger partial charge is 0.421 e. The molecule has 2 fully saturated rings. The van der Waals surface area contributed by atoms with Crippen molar-refractivity contribution in [2.24, 2.45) is 0 Å². The molecule has 1 aromatic rings. The van der Waals surface area contributed by atoms with Crippen LogP contribution in [-0.2, 0) is 9.59 Å². The normalized spacial score (nSPS) is 21.6. The fraction of sp³-hybridized carbons (Fsp3) is 0.333. The first-order chi connectivity index (χ1) is 11.4. The molecule has 0 bridgehead atoms. The molecule has 9 heteroatoms. The van der Waals surface area contributed by atoms with E-state index in [1.54, 1.807) is 12.1 Å². The van der Waals surface area contributed by atoms with Crippen LogP contribution in [0.15, 0.2) is 24.3 Å². The molecule has 3 rings (SSSR count). The molecule has 9 nitrogen and oxygen atoms in total. The lowest BCUT2D eigenvalue weighted by molar-refractivity contribution is -0.148. The van der Waals surface area contributed by atoms with Crippen LogP contribution in [0.2, 0.25) is 0 Å². The van der Waals surface area contributed by atoms with Gasteiger partial charge >= 0.3 is 12.1 Å². The Hall–Kier alpha value is -3.10. The van der Waals surface area contributed by atoms with Crippen molar-refractivity contribution in [2.75, 3.05) is 18.0 Å². The highest BCUT2D eigenvalue weighted by Crippen LogP contribution is 2.27. The van der Waals surface area contributed by atoms with Gasteiger partial charge in [-0.15, -0.1) is 0 Å². The third-order valence-electron chi connectivity index (χ3n) is 4.16. The average molecular weight is 333 g/mol. The Morgan fingerprint density at radius 1 is 1.08 bits per heavy atom. The molecule has 2 aliphatic heterocycles. The summed E-state index contributed by atoms with van der Waals surface area (Å²) in [5.41, 5.74) is 0.565. The second-order valence-electron chi connectivity index (χ2n) is 5.55. The number of phenolic OH excluding ortho intramolecular Hbond substituents is 1. The van der Waals surface area contributed by atoms with Crippen LogP contribution in [0.4, 0.5) is 15.3 Å². The highest BCUT2D eigenvalue weighted by Gasteiger charge is 2.45. The van der Waals surface area contributed by atoms with Gasteiger partial charge in [0.2, 0.25) is 5.91 Å². The van der Waals surface area contributed by atoms with Crippen molar-refractivity contribution in [3.63, 3.8) is 0 Å². The van der Waals surface area contributed by atoms with Crippen molar-refractivity contribution < 1.29 is 29.4 Å². The van der Waals surface area contributed by atoms with E-state index in [4.69, 9.17) is 5.11 Å². The highest BCUT2D eigenvalue weighted by atomic mass is 16.4. The summed E-state index contributed by atoms with van der Waals surface area (Å²) in [6.45, 7) is 0.576. The van der Waals surface area contributed by atoms with Crippen molar-refractivity contribution >= 4 is 29.6 Å². The van der Waals surface area contributed by atoms with Gasteiger partial charge in [-0.25, -0.2) is 9.59 Å². The molecule has 2 heterocycles. The molecule has 126 valence electrons. The molecule has 0 aromatic heterocycles. The number of hydrogen-bond acceptors (Lipinski definition) is 5. The quantitative estimate of drug-likeness (QED) is 0.774. The lowest BCUT2D eigenvalue weighted by Crippen LogP contribution is -2.56. The molecule has 2 aliphatic rings. The van der Waals surface area contributed by atoms with Gasteiger partial charge in [-0.1, -0.05) is 0 Å². The third kappa shape index (κ3) is 2.53. The fourth-order valence-electron chi connectivity index (χ4n) is 2.97. The van der Waals surface area contributed by atoms with Gasteiger partial charge < -0.3 is 15.1 Å². The Morgan fingerprint density at radius 2 is 1.75 bits per heavy atom. The Morgan fingerprint density at radius 3 is 2.38 bits per heavy atom. The third-order valence-corrected chi connectivity index (χ3v) is 4.16. The van der Waals surface area contributed by atoms with E-state index in [0.717, 1.165) is 0 Å². The van der Waals surface area contributed by atoms with Crippen LogP contribution in [-0.4, -0.2) is 63.1 Å². The molecule has 1 atom stereocenters. The molecule has 5 amide bonds. The SMILES string of the molecule is O=C(O)N1C(=O)CCC(N2CCN(c3ccc(O)cc3)C2=O)C1=O. The largest absolute Gasteiger partial charge is 0.508 e. The number of carbonyl (C=O) groups excluding carboxylic acids is 3. The van der Waals surface area contributed by atoms with Crippen LogP contribution in [0.1, 0.15) is 12.8 Å². The van der Waals surface area contributed by atoms with E-state index < -0.39 is 30.0 Å². The monoisotopic (exact) mass is 333 g/mol. The zero-order valence-electron chi connectivity index (χ0n) is 12.6. The van der Waals surface area contributed by atoms with Crippen molar-refractivity contribution in [3.05, 3.63) is 24.3 Å². The Labute approximate surface area is 136 Å². The summed E-state index contributed by atoms with van der Waals surface area (Å²) in [5.74, 6) is -1.59. The van der Waals surface area contributed by atoms with Crippen LogP contribution >= 0.6 is 0 Å². The zero-order chi connectivity index (χ0) is 17.4. The van der Waals surface area contributed by atoms with Gasteiger partial charge in [0, 0.05) is 25.2 Å². The molecule has 0 spiro atoms. The number of benzene rings is 1. The van der Waals surface area contributed by atoms with Crippen LogP contribution in [0.25, 0.3) is 0 Å². The van der Waals surface area contributed by atoms with E-state index in [1.807, 2.05) is 0 Å². The van der Waals surface area contributed by atoms with Gasteiger partial charge in [0.25, 0.3) is 5.91 Å². The summed E-state index contributed by atoms with van der Waals surface area (Å²) in [4.78, 5) is 50.4. The van der Waals surface area contributed by atoms with E-state index >= 15 is 0 Å². The van der Waals surface area contributed by atoms with Gasteiger partial charge in [-0.2, -0.15) is 4.90 Å². The average Bonchev–Trinajstić information content (AvgIpc) is 2.90. The van der Waals surface area contributed by atoms with Gasteiger partial charge in [0.1, 0.15) is 11.8 Å². The molecule has 1 aromatic carbocycles. The van der Waals surface area contributed by atoms with Gasteiger partial charge in [0.15, 0.2) is 0 Å². The number of carbonyl (C=O) groups is 4. The first kappa shape index (κ1) is 15.8. The maximum absolute atomic E-state index is 12.6. The van der Waals surface area contributed by atoms with Crippen LogP contribution in [0.3, 0.4) is 0 Å². The Kier molecular flexibility index (Phi) is 3.84. The lowest BCUT2D eigenvalue weighted by Gasteiger charge is -2.32. The summed E-state index contributed by atoms with van der Waals surface area (Å²) < 4.78 is 0. The summed E-state index contributed by atoms with van der Waals surface area (Å²) in [5, 5.41) is 18.3. The minimum absolute atomic E-state index is 0.0697. The number of amides is 5. The molecular formula is C15H15N3O6. The summed E-state index contributed by atoms with van der Waals surface area (Å²) >= 11 is 0. The van der Waals surface area contributed by atoms with Crippen molar-refractivity contribution in [2.45, 2.75) is 18.9 Å². The summed E-state index contributed by atoms with van der Waals surface area (Å²) in [6.07, 6.45) is -1.63. The zero-order valence-corrected chi connectivity index (χ0v) is 12.6. The number of likely N-dealkylation sites (tertiary alicyclic amines) is 1. The topological polar surface area (TPSA) is 118 Å². The van der Waals surface area contributed by atoms with E-state index in [0.29, 0.717) is 12.2 Å². The number of urea groups is 1. The minimum atomic E-state index is -1.63. The number of imide groups is 3. The molecule has 0 aliphatic carbocycles. The van der Waals surface area contributed by atoms with Crippen LogP contribution in [0, 0.1) is 0 Å². The molecule has 2 saturated heterocycles. The van der Waals surface area contributed by atoms with Gasteiger partial charge in [-0.05, 0) is 30.7 Å². The molecule has 0 radical (unpaired) electrons. The van der Waals surface area contributed by atoms with E-state index in [9.17, 15) is 24.3 Å². The van der Waals surface area contributed by atoms with Crippen LogP contribution < -0.4 is 4.90 Å². The molecule has 0 saturated carbocycles. The van der Waals surface area contributed by atoms with Gasteiger partial charge in [0.05, 0.1) is 0 Å². The minimum Gasteiger partial charge on any atom is -0.508 e. The maximum atomic E-state index is 12.6. The summed E-state index contributed by atoms with van der Waals surface area (Å²) in [6, 6.07) is 4.65. The number of aromatic hydroxyl groups is 1. The second kappa shape index (κ2) is 5.84. The molecule has 1 unspecified atom stereocenters. The number of rotatable bonds is 2. The highest BCUT2D eigenvalue weighted by molar-refractivity contribution is 6.12. The standard InChI is InChI=1S/C15H15N3O6/c19-10-3-1-9(2-4-10)16-7-8-17(14(16)22)11-5-6-12(20)18(13(11)21)15(23)24/h1-4,11,19H,5-8H2,(H,23,24). The molecule has 2 N–H and O–H groups in total. The first-order valence-electron chi connectivity index (χ1n) is 7.37. The van der Waals surface area contributed by atoms with Crippen molar-refractivity contribution in [3.8, 4) is 5.75 Å². The number of hydrogen-bond donors (Lipinski definition) is 2. The number of piperidine rings is 1. The molecular weight excluding hydrogens is 318 g/mol. The fourth-order valence-corrected chi connectivity index (χ4v) is 2.97. The lowest BCUT2D eigenvalue weighted by atomic mass is 10.0. The second-order valence-corrected chi connectivity index (χ2v) is 5.55. The van der Waals surface area contributed by atoms with Crippen molar-refractivity contribution in [1.82, 2.24) is 9.80 Å². The molecule has 24 heavy (non-hydrogen) atoms. The maximum Gasteiger partial charge on any atom is 0.421 e. The number of phenols is 1. The van der Waals surface area contributed by atoms with E-state index in [1.165, 1.54) is 21.9 Å². The van der Waals surface area contributed by atoms with E-state index in [2.05, 4.69) is 0 Å². The Balaban J connectivity index is 1.80. The van der Waals surface area contributed by atoms with Crippen LogP contribution in [0.5, 0.6) is 5.75 Å². The Bertz CT molecular complexity index is 716. The van der Waals surface area contributed by atoms with Gasteiger partial charge in [-0.3, -0.25) is 14.5 Å². The first-order valence-corrected chi connectivity index (χ1v) is 7.37.